The van der Waals surface area contributed by atoms with Crippen LogP contribution in [0, 0.1) is 6.92 Å². The van der Waals surface area contributed by atoms with Crippen LogP contribution < -0.4 is 14.5 Å². The number of rotatable bonds is 5. The molecule has 3 heterocycles. The summed E-state index contributed by atoms with van der Waals surface area (Å²) in [7, 11) is 3.61. The molecule has 1 amide bonds. The first-order valence-electron chi connectivity index (χ1n) is 12.3. The van der Waals surface area contributed by atoms with E-state index in [1.54, 1.807) is 36.7 Å². The number of aliphatic hydroxyl groups is 1. The van der Waals surface area contributed by atoms with Crippen LogP contribution in [0.3, 0.4) is 0 Å². The molecule has 190 valence electrons. The van der Waals surface area contributed by atoms with Gasteiger partial charge in [0.25, 0.3) is 11.7 Å². The molecular formula is C29H30N4O4. The molecular weight excluding hydrogens is 468 g/mol. The fourth-order valence-corrected chi connectivity index (χ4v) is 4.99. The lowest BCUT2D eigenvalue weighted by atomic mass is 9.95. The minimum atomic E-state index is -0.839. The minimum Gasteiger partial charge on any atom is -0.507 e. The third-order valence-corrected chi connectivity index (χ3v) is 7.05. The number of methoxy groups -OCH3 is 1. The number of anilines is 2. The van der Waals surface area contributed by atoms with Crippen molar-refractivity contribution in [3.63, 3.8) is 0 Å². The Hall–Kier alpha value is -4.17. The van der Waals surface area contributed by atoms with E-state index in [0.29, 0.717) is 22.6 Å². The number of amides is 1. The highest BCUT2D eigenvalue weighted by Gasteiger charge is 2.47. The number of likely N-dealkylation sites (N-methyl/N-ethyl adjacent to an activating group) is 1. The molecule has 2 aliphatic heterocycles. The molecule has 2 aromatic carbocycles. The number of ether oxygens (including phenoxy) is 1. The summed E-state index contributed by atoms with van der Waals surface area (Å²) in [5.41, 5.74) is 3.51. The monoisotopic (exact) mass is 498 g/mol. The van der Waals surface area contributed by atoms with Gasteiger partial charge in [0.2, 0.25) is 0 Å². The molecule has 1 unspecified atom stereocenters. The molecule has 8 nitrogen and oxygen atoms in total. The number of carbonyl (C=O) groups excluding carboxylic acids is 2. The Morgan fingerprint density at radius 1 is 1.00 bits per heavy atom. The molecule has 3 aromatic rings. The summed E-state index contributed by atoms with van der Waals surface area (Å²) in [5.74, 6) is -1.31. The normalized spacial score (nSPS) is 19.9. The van der Waals surface area contributed by atoms with E-state index < -0.39 is 17.7 Å². The number of hydrogen-bond donors (Lipinski definition) is 1. The van der Waals surface area contributed by atoms with Crippen LogP contribution >= 0.6 is 0 Å². The van der Waals surface area contributed by atoms with Gasteiger partial charge in [-0.2, -0.15) is 0 Å². The molecule has 2 saturated heterocycles. The first-order chi connectivity index (χ1) is 17.9. The average molecular weight is 499 g/mol. The second-order valence-corrected chi connectivity index (χ2v) is 9.47. The van der Waals surface area contributed by atoms with E-state index in [0.717, 1.165) is 37.4 Å². The number of pyridine rings is 1. The molecule has 0 saturated carbocycles. The van der Waals surface area contributed by atoms with Gasteiger partial charge in [0.05, 0.1) is 24.3 Å². The van der Waals surface area contributed by atoms with Gasteiger partial charge >= 0.3 is 0 Å². The largest absolute Gasteiger partial charge is 0.507 e. The van der Waals surface area contributed by atoms with Crippen LogP contribution in [0.4, 0.5) is 11.4 Å². The number of benzene rings is 2. The predicted molar refractivity (Wildman–Crippen MR) is 143 cm³/mol. The SMILES string of the molecule is COc1ccc(C)cc1/C(O)=C1\C(=O)C(=O)N(c2ccc(N3CCN(C)CC3)cc2)C1c1cccnc1. The van der Waals surface area contributed by atoms with Crippen molar-refractivity contribution in [3.8, 4) is 5.75 Å². The molecule has 2 fully saturated rings. The molecule has 37 heavy (non-hydrogen) atoms. The van der Waals surface area contributed by atoms with Crippen molar-refractivity contribution in [2.45, 2.75) is 13.0 Å². The number of piperazine rings is 1. The van der Waals surface area contributed by atoms with E-state index in [1.165, 1.54) is 12.0 Å². The maximum absolute atomic E-state index is 13.4. The topological polar surface area (TPSA) is 86.2 Å². The Morgan fingerprint density at radius 3 is 2.35 bits per heavy atom. The summed E-state index contributed by atoms with van der Waals surface area (Å²) >= 11 is 0. The lowest BCUT2D eigenvalue weighted by Crippen LogP contribution is -2.44. The number of Topliss-reactive ketones (excluding diaryl/α,β-unsaturated/α-hetero) is 1. The number of ketones is 1. The van der Waals surface area contributed by atoms with Crippen molar-refractivity contribution in [1.82, 2.24) is 9.88 Å². The quantitative estimate of drug-likeness (QED) is 0.326. The molecule has 1 aromatic heterocycles. The molecule has 2 aliphatic rings. The van der Waals surface area contributed by atoms with Crippen LogP contribution in [0.15, 0.2) is 72.6 Å². The summed E-state index contributed by atoms with van der Waals surface area (Å²) in [6.45, 7) is 5.71. The highest BCUT2D eigenvalue weighted by Crippen LogP contribution is 2.43. The van der Waals surface area contributed by atoms with Crippen molar-refractivity contribution < 1.29 is 19.4 Å². The number of aryl methyl sites for hydroxylation is 1. The predicted octanol–water partition coefficient (Wildman–Crippen LogP) is 3.78. The lowest BCUT2D eigenvalue weighted by molar-refractivity contribution is -0.132. The molecule has 0 bridgehead atoms. The third kappa shape index (κ3) is 4.56. The summed E-state index contributed by atoms with van der Waals surface area (Å²) in [6, 6.07) is 15.7. The number of hydrogen-bond acceptors (Lipinski definition) is 7. The number of aromatic nitrogens is 1. The fourth-order valence-electron chi connectivity index (χ4n) is 4.99. The summed E-state index contributed by atoms with van der Waals surface area (Å²) < 4.78 is 5.45. The third-order valence-electron chi connectivity index (χ3n) is 7.05. The Bertz CT molecular complexity index is 1350. The van der Waals surface area contributed by atoms with Gasteiger partial charge in [-0.15, -0.1) is 0 Å². The maximum Gasteiger partial charge on any atom is 0.300 e. The summed E-state index contributed by atoms with van der Waals surface area (Å²) in [4.78, 5) is 37.1. The van der Waals surface area contributed by atoms with E-state index in [9.17, 15) is 14.7 Å². The van der Waals surface area contributed by atoms with Crippen molar-refractivity contribution in [3.05, 3.63) is 89.3 Å². The zero-order chi connectivity index (χ0) is 26.1. The smallest absolute Gasteiger partial charge is 0.300 e. The maximum atomic E-state index is 13.4. The molecule has 0 aliphatic carbocycles. The first kappa shape index (κ1) is 24.5. The van der Waals surface area contributed by atoms with E-state index in [-0.39, 0.29) is 11.3 Å². The minimum absolute atomic E-state index is 0.00467. The van der Waals surface area contributed by atoms with Gasteiger partial charge in [0.1, 0.15) is 11.5 Å². The average Bonchev–Trinajstić information content (AvgIpc) is 3.19. The zero-order valence-corrected chi connectivity index (χ0v) is 21.2. The molecule has 1 N–H and O–H groups in total. The molecule has 1 atom stereocenters. The van der Waals surface area contributed by atoms with Gasteiger partial charge in [0, 0.05) is 49.9 Å². The highest BCUT2D eigenvalue weighted by molar-refractivity contribution is 6.51. The van der Waals surface area contributed by atoms with Crippen LogP contribution in [0.5, 0.6) is 5.75 Å². The van der Waals surface area contributed by atoms with Crippen LogP contribution in [0.25, 0.3) is 5.76 Å². The van der Waals surface area contributed by atoms with Crippen molar-refractivity contribution in [2.24, 2.45) is 0 Å². The van der Waals surface area contributed by atoms with Crippen molar-refractivity contribution in [2.75, 3.05) is 50.1 Å². The van der Waals surface area contributed by atoms with E-state index >= 15 is 0 Å². The number of aliphatic hydroxyl groups excluding tert-OH is 1. The Kier molecular flexibility index (Phi) is 6.67. The van der Waals surface area contributed by atoms with Gasteiger partial charge in [-0.3, -0.25) is 19.5 Å². The Labute approximate surface area is 216 Å². The lowest BCUT2D eigenvalue weighted by Gasteiger charge is -2.34. The van der Waals surface area contributed by atoms with Crippen LogP contribution in [0.2, 0.25) is 0 Å². The molecule has 5 rings (SSSR count). The second kappa shape index (κ2) is 10.1. The summed E-state index contributed by atoms with van der Waals surface area (Å²) in [6.07, 6.45) is 3.24. The van der Waals surface area contributed by atoms with Gasteiger partial charge in [-0.1, -0.05) is 17.7 Å². The van der Waals surface area contributed by atoms with Gasteiger partial charge < -0.3 is 19.6 Å². The first-order valence-corrected chi connectivity index (χ1v) is 12.3. The Morgan fingerprint density at radius 2 is 1.70 bits per heavy atom. The van der Waals surface area contributed by atoms with Crippen LogP contribution in [0.1, 0.15) is 22.7 Å². The standard InChI is InChI=1S/C29H30N4O4/c1-19-6-11-24(37-3)23(17-19)27(34)25-26(20-5-4-12-30-18-20)33(29(36)28(25)35)22-9-7-21(8-10-22)32-15-13-31(2)14-16-32/h4-12,17-18,26,34H,13-16H2,1-3H3/b27-25+. The van der Waals surface area contributed by atoms with E-state index in [1.807, 2.05) is 37.3 Å². The van der Waals surface area contributed by atoms with Gasteiger partial charge in [-0.25, -0.2) is 0 Å². The van der Waals surface area contributed by atoms with Gasteiger partial charge in [0.15, 0.2) is 0 Å². The van der Waals surface area contributed by atoms with E-state index in [2.05, 4.69) is 21.8 Å². The van der Waals surface area contributed by atoms with Crippen LogP contribution in [-0.4, -0.2) is 67.0 Å². The van der Waals surface area contributed by atoms with Gasteiger partial charge in [-0.05, 0) is 62.0 Å². The summed E-state index contributed by atoms with van der Waals surface area (Å²) in [5, 5.41) is 11.4. The second-order valence-electron chi connectivity index (χ2n) is 9.47. The molecule has 8 heteroatoms. The van der Waals surface area contributed by atoms with Crippen molar-refractivity contribution >= 4 is 28.8 Å². The number of carbonyl (C=O) groups is 2. The van der Waals surface area contributed by atoms with Crippen LogP contribution in [-0.2, 0) is 9.59 Å². The fraction of sp³-hybridized carbons (Fsp3) is 0.276. The zero-order valence-electron chi connectivity index (χ0n) is 21.2. The van der Waals surface area contributed by atoms with E-state index in [4.69, 9.17) is 4.74 Å². The highest BCUT2D eigenvalue weighted by atomic mass is 16.5. The molecule has 0 radical (unpaired) electrons. The Balaban J connectivity index is 1.60. The number of nitrogens with zero attached hydrogens (tertiary/aromatic N) is 4. The van der Waals surface area contributed by atoms with Crippen molar-refractivity contribution in [1.29, 1.82) is 0 Å². The molecule has 0 spiro atoms.